The van der Waals surface area contributed by atoms with E-state index in [0.29, 0.717) is 26.0 Å². The number of nitrogens with one attached hydrogen (secondary N) is 1. The number of hydrogen-bond acceptors (Lipinski definition) is 4. The van der Waals surface area contributed by atoms with Gasteiger partial charge in [0.05, 0.1) is 12.7 Å². The molecule has 0 aliphatic rings. The van der Waals surface area contributed by atoms with Crippen LogP contribution >= 0.6 is 0 Å². The number of likely N-dealkylation sites (N-methyl/N-ethyl adjacent to an activating group) is 1. The minimum atomic E-state index is -0.870. The predicted molar refractivity (Wildman–Crippen MR) is 71.0 cm³/mol. The normalized spacial score (nSPS) is 11.3. The van der Waals surface area contributed by atoms with Gasteiger partial charge in [-0.2, -0.15) is 5.26 Å². The first-order valence-corrected chi connectivity index (χ1v) is 6.43. The van der Waals surface area contributed by atoms with E-state index >= 15 is 0 Å². The zero-order valence-corrected chi connectivity index (χ0v) is 12.0. The highest BCUT2D eigenvalue weighted by atomic mass is 16.5. The Morgan fingerprint density at radius 1 is 1.39 bits per heavy atom. The molecule has 5 heteroatoms. The van der Waals surface area contributed by atoms with Crippen LogP contribution in [0, 0.1) is 16.7 Å². The molecule has 0 fully saturated rings. The summed E-state index contributed by atoms with van der Waals surface area (Å²) in [7, 11) is 3.64. The van der Waals surface area contributed by atoms with Crippen molar-refractivity contribution in [2.75, 3.05) is 40.4 Å². The molecule has 0 radical (unpaired) electrons. The summed E-state index contributed by atoms with van der Waals surface area (Å²) in [6.07, 6.45) is 1.09. The molecule has 5 nitrogen and oxygen atoms in total. The quantitative estimate of drug-likeness (QED) is 0.668. The Bertz CT molecular complexity index is 282. The van der Waals surface area contributed by atoms with Gasteiger partial charge in [-0.15, -0.1) is 0 Å². The number of rotatable bonds is 9. The summed E-state index contributed by atoms with van der Waals surface area (Å²) in [5, 5.41) is 12.0. The van der Waals surface area contributed by atoms with Crippen molar-refractivity contribution in [3.05, 3.63) is 0 Å². The van der Waals surface area contributed by atoms with Gasteiger partial charge in [-0.1, -0.05) is 13.8 Å². The fraction of sp³-hybridized carbons (Fsp3) is 0.846. The Hall–Kier alpha value is -1.12. The summed E-state index contributed by atoms with van der Waals surface area (Å²) in [4.78, 5) is 14.1. The number of carbonyl (C=O) groups is 1. The molecule has 1 amide bonds. The van der Waals surface area contributed by atoms with Gasteiger partial charge in [-0.05, 0) is 19.9 Å². The van der Waals surface area contributed by atoms with Crippen LogP contribution < -0.4 is 5.32 Å². The van der Waals surface area contributed by atoms with Crippen LogP contribution in [-0.2, 0) is 9.53 Å². The zero-order valence-electron chi connectivity index (χ0n) is 12.0. The lowest BCUT2D eigenvalue weighted by Crippen LogP contribution is -2.42. The molecule has 0 rings (SSSR count). The average Bonchev–Trinajstić information content (AvgIpc) is 2.39. The molecule has 18 heavy (non-hydrogen) atoms. The number of nitriles is 1. The molecule has 0 unspecified atom stereocenters. The van der Waals surface area contributed by atoms with Crippen molar-refractivity contribution in [1.29, 1.82) is 5.26 Å². The van der Waals surface area contributed by atoms with Crippen molar-refractivity contribution in [1.82, 2.24) is 10.2 Å². The highest BCUT2D eigenvalue weighted by Gasteiger charge is 2.34. The molecule has 0 aromatic rings. The van der Waals surface area contributed by atoms with E-state index in [1.54, 1.807) is 7.11 Å². The molecular formula is C13H25N3O2. The van der Waals surface area contributed by atoms with Gasteiger partial charge in [0.25, 0.3) is 0 Å². The predicted octanol–water partition coefficient (Wildman–Crippen LogP) is 1.01. The minimum absolute atomic E-state index is 0.157. The van der Waals surface area contributed by atoms with E-state index in [9.17, 15) is 4.79 Å². The number of hydrogen-bond donors (Lipinski definition) is 1. The number of ether oxygens (including phenoxy) is 1. The largest absolute Gasteiger partial charge is 0.383 e. The summed E-state index contributed by atoms with van der Waals surface area (Å²) in [5.74, 6) is -0.157. The van der Waals surface area contributed by atoms with Gasteiger partial charge in [0.1, 0.15) is 5.41 Å². The monoisotopic (exact) mass is 255 g/mol. The van der Waals surface area contributed by atoms with Crippen molar-refractivity contribution < 1.29 is 9.53 Å². The molecule has 0 saturated carbocycles. The summed E-state index contributed by atoms with van der Waals surface area (Å²) in [5.41, 5.74) is -0.870. The third kappa shape index (κ3) is 5.03. The zero-order chi connectivity index (χ0) is 14.0. The minimum Gasteiger partial charge on any atom is -0.383 e. The van der Waals surface area contributed by atoms with Crippen molar-refractivity contribution >= 4 is 5.91 Å². The van der Waals surface area contributed by atoms with Crippen molar-refractivity contribution in [3.63, 3.8) is 0 Å². The van der Waals surface area contributed by atoms with Crippen molar-refractivity contribution in [2.45, 2.75) is 26.7 Å². The Morgan fingerprint density at radius 3 is 2.44 bits per heavy atom. The van der Waals surface area contributed by atoms with Gasteiger partial charge >= 0.3 is 0 Å². The van der Waals surface area contributed by atoms with Crippen molar-refractivity contribution in [3.8, 4) is 6.07 Å². The van der Waals surface area contributed by atoms with Crippen LogP contribution in [0.4, 0.5) is 0 Å². The van der Waals surface area contributed by atoms with Crippen LogP contribution in [-0.4, -0.2) is 51.2 Å². The summed E-state index contributed by atoms with van der Waals surface area (Å²) >= 11 is 0. The van der Waals surface area contributed by atoms with E-state index in [-0.39, 0.29) is 5.91 Å². The number of amides is 1. The second kappa shape index (κ2) is 8.90. The lowest BCUT2D eigenvalue weighted by Gasteiger charge is -2.23. The van der Waals surface area contributed by atoms with Crippen LogP contribution in [0.15, 0.2) is 0 Å². The molecule has 0 heterocycles. The summed E-state index contributed by atoms with van der Waals surface area (Å²) in [6.45, 7) is 6.56. The molecule has 0 atom stereocenters. The van der Waals surface area contributed by atoms with Gasteiger partial charge in [0.15, 0.2) is 0 Å². The molecule has 0 bridgehead atoms. The second-order valence-electron chi connectivity index (χ2n) is 4.45. The lowest BCUT2D eigenvalue weighted by atomic mass is 9.83. The Labute approximate surface area is 110 Å². The number of carbonyl (C=O) groups excluding carboxylic acids is 1. The molecule has 0 saturated heterocycles. The Kier molecular flexibility index (Phi) is 8.34. The molecule has 0 aliphatic heterocycles. The van der Waals surface area contributed by atoms with Gasteiger partial charge in [0, 0.05) is 26.7 Å². The summed E-state index contributed by atoms with van der Waals surface area (Å²) in [6, 6.07) is 2.14. The second-order valence-corrected chi connectivity index (χ2v) is 4.45. The highest BCUT2D eigenvalue weighted by Crippen LogP contribution is 2.25. The molecule has 0 aliphatic carbocycles. The van der Waals surface area contributed by atoms with Crippen LogP contribution in [0.5, 0.6) is 0 Å². The molecule has 1 N–H and O–H groups in total. The Balaban J connectivity index is 4.07. The van der Waals surface area contributed by atoms with Crippen LogP contribution in [0.25, 0.3) is 0 Å². The fourth-order valence-electron chi connectivity index (χ4n) is 1.67. The first kappa shape index (κ1) is 16.9. The third-order valence-corrected chi connectivity index (χ3v) is 3.31. The molecular weight excluding hydrogens is 230 g/mol. The molecule has 0 aromatic heterocycles. The lowest BCUT2D eigenvalue weighted by molar-refractivity contribution is -0.128. The van der Waals surface area contributed by atoms with E-state index in [1.807, 2.05) is 20.9 Å². The fourth-order valence-corrected chi connectivity index (χ4v) is 1.67. The maximum atomic E-state index is 12.0. The molecule has 0 spiro atoms. The Morgan fingerprint density at radius 2 is 2.00 bits per heavy atom. The third-order valence-electron chi connectivity index (χ3n) is 3.31. The van der Waals surface area contributed by atoms with E-state index in [1.165, 1.54) is 0 Å². The average molecular weight is 255 g/mol. The number of nitrogens with zero attached hydrogens (tertiary/aromatic N) is 2. The standard InChI is InChI=1S/C13H25N3O2/c1-5-13(6-2,11-14)12(17)15-7-8-16(3)9-10-18-4/h5-10H2,1-4H3,(H,15,17). The summed E-state index contributed by atoms with van der Waals surface area (Å²) < 4.78 is 4.97. The van der Waals surface area contributed by atoms with E-state index < -0.39 is 5.41 Å². The van der Waals surface area contributed by atoms with Gasteiger partial charge in [-0.25, -0.2) is 0 Å². The van der Waals surface area contributed by atoms with Crippen LogP contribution in [0.1, 0.15) is 26.7 Å². The molecule has 104 valence electrons. The van der Waals surface area contributed by atoms with E-state index in [4.69, 9.17) is 10.00 Å². The van der Waals surface area contributed by atoms with Gasteiger partial charge in [-0.3, -0.25) is 4.79 Å². The molecule has 0 aromatic carbocycles. The van der Waals surface area contributed by atoms with E-state index in [0.717, 1.165) is 13.1 Å². The van der Waals surface area contributed by atoms with Gasteiger partial charge in [0.2, 0.25) is 5.91 Å². The smallest absolute Gasteiger partial charge is 0.240 e. The van der Waals surface area contributed by atoms with Crippen LogP contribution in [0.3, 0.4) is 0 Å². The van der Waals surface area contributed by atoms with E-state index in [2.05, 4.69) is 16.3 Å². The first-order chi connectivity index (χ1) is 8.56. The van der Waals surface area contributed by atoms with Crippen LogP contribution in [0.2, 0.25) is 0 Å². The van der Waals surface area contributed by atoms with Gasteiger partial charge < -0.3 is 15.0 Å². The topological polar surface area (TPSA) is 65.4 Å². The highest BCUT2D eigenvalue weighted by molar-refractivity contribution is 5.85. The first-order valence-electron chi connectivity index (χ1n) is 6.43. The SMILES string of the molecule is CCC(C#N)(CC)C(=O)NCCN(C)CCOC. The maximum absolute atomic E-state index is 12.0. The maximum Gasteiger partial charge on any atom is 0.240 e. The number of methoxy groups -OCH3 is 1. The van der Waals surface area contributed by atoms with Crippen molar-refractivity contribution in [2.24, 2.45) is 5.41 Å².